The number of fused-ring (bicyclic) bond motifs is 1. The van der Waals surface area contributed by atoms with E-state index in [0.717, 1.165) is 29.7 Å². The number of carbonyl (C=O) groups is 1. The molecule has 30 heavy (non-hydrogen) atoms. The number of anilines is 1. The Morgan fingerprint density at radius 2 is 1.73 bits per heavy atom. The molecule has 1 heterocycles. The molecule has 1 aromatic heterocycles. The molecule has 0 unspecified atom stereocenters. The fourth-order valence-corrected chi connectivity index (χ4v) is 6.80. The molecule has 1 amide bonds. The molecule has 8 heteroatoms. The van der Waals surface area contributed by atoms with E-state index >= 15 is 0 Å². The molecule has 1 N–H and O–H groups in total. The summed E-state index contributed by atoms with van der Waals surface area (Å²) in [6.07, 6.45) is 3.35. The fraction of sp³-hybridized carbons (Fsp3) is 0.227. The summed E-state index contributed by atoms with van der Waals surface area (Å²) in [5.74, 6) is -1.14. The van der Waals surface area contributed by atoms with Gasteiger partial charge in [0.05, 0.1) is 4.90 Å². The summed E-state index contributed by atoms with van der Waals surface area (Å²) < 4.78 is 45.7. The Kier molecular flexibility index (Phi) is 5.87. The van der Waals surface area contributed by atoms with E-state index in [2.05, 4.69) is 5.32 Å². The van der Waals surface area contributed by atoms with Crippen LogP contribution in [0.4, 0.5) is 9.39 Å². The molecule has 0 fully saturated rings. The van der Waals surface area contributed by atoms with Crippen molar-refractivity contribution in [2.45, 2.75) is 35.5 Å². The van der Waals surface area contributed by atoms with E-state index in [1.807, 2.05) is 0 Å². The number of halogens is 1. The quantitative estimate of drug-likeness (QED) is 0.601. The first kappa shape index (κ1) is 20.6. The lowest BCUT2D eigenvalue weighted by atomic mass is 9.99. The van der Waals surface area contributed by atoms with Crippen LogP contribution < -0.4 is 10.1 Å². The molecule has 4 rings (SSSR count). The van der Waals surface area contributed by atoms with Gasteiger partial charge in [-0.05, 0) is 55.5 Å². The third-order valence-corrected chi connectivity index (χ3v) is 8.11. The Morgan fingerprint density at radius 1 is 1.03 bits per heavy atom. The lowest BCUT2D eigenvalue weighted by Gasteiger charge is -2.14. The maximum Gasteiger partial charge on any atom is 0.262 e. The second-order valence-corrected chi connectivity index (χ2v) is 9.94. The van der Waals surface area contributed by atoms with Crippen molar-refractivity contribution in [3.63, 3.8) is 0 Å². The van der Waals surface area contributed by atoms with E-state index in [4.69, 9.17) is 4.74 Å². The first-order valence-electron chi connectivity index (χ1n) is 9.58. The Labute approximate surface area is 178 Å². The van der Waals surface area contributed by atoms with Crippen molar-refractivity contribution in [1.29, 1.82) is 0 Å². The van der Waals surface area contributed by atoms with Crippen LogP contribution in [0.5, 0.6) is 5.75 Å². The summed E-state index contributed by atoms with van der Waals surface area (Å²) in [7, 11) is -3.79. The number of hydrogen-bond donors (Lipinski definition) is 1. The zero-order valence-corrected chi connectivity index (χ0v) is 17.7. The number of para-hydroxylation sites is 1. The summed E-state index contributed by atoms with van der Waals surface area (Å²) in [6, 6.07) is 14.0. The molecule has 0 aliphatic heterocycles. The third kappa shape index (κ3) is 4.11. The van der Waals surface area contributed by atoms with Gasteiger partial charge in [-0.15, -0.1) is 11.3 Å². The predicted octanol–water partition coefficient (Wildman–Crippen LogP) is 4.62. The second kappa shape index (κ2) is 8.57. The van der Waals surface area contributed by atoms with Crippen molar-refractivity contribution < 1.29 is 22.3 Å². The van der Waals surface area contributed by atoms with E-state index in [9.17, 15) is 17.6 Å². The smallest absolute Gasteiger partial charge is 0.262 e. The molecule has 0 saturated heterocycles. The third-order valence-electron chi connectivity index (χ3n) is 4.89. The fourth-order valence-electron chi connectivity index (χ4n) is 3.49. The van der Waals surface area contributed by atoms with Gasteiger partial charge < -0.3 is 10.1 Å². The summed E-state index contributed by atoms with van der Waals surface area (Å²) in [4.78, 5) is 13.8. The van der Waals surface area contributed by atoms with Crippen molar-refractivity contribution in [3.05, 3.63) is 70.9 Å². The number of ether oxygens (including phenoxy) is 1. The molecule has 1 aliphatic carbocycles. The summed E-state index contributed by atoms with van der Waals surface area (Å²) >= 11 is 1.30. The number of sulfone groups is 1. The van der Waals surface area contributed by atoms with Gasteiger partial charge in [0.15, 0.2) is 18.2 Å². The standard InChI is InChI=1S/C22H20FNO4S2/c23-17-11-5-6-12-18(17)28-14-20(25)24-22-21(16-10-4-7-13-19(16)29-22)30(26,27)15-8-2-1-3-9-15/h1-3,5-6,8-9,11-12H,4,7,10,13-14H2,(H,24,25). The Morgan fingerprint density at radius 3 is 2.50 bits per heavy atom. The number of benzene rings is 2. The first-order chi connectivity index (χ1) is 14.5. The molecule has 5 nitrogen and oxygen atoms in total. The molecule has 0 bridgehead atoms. The zero-order valence-electron chi connectivity index (χ0n) is 16.1. The zero-order chi connectivity index (χ0) is 21.1. The second-order valence-electron chi connectivity index (χ2n) is 6.95. The monoisotopic (exact) mass is 445 g/mol. The van der Waals surface area contributed by atoms with E-state index in [0.29, 0.717) is 11.4 Å². The van der Waals surface area contributed by atoms with Gasteiger partial charge in [-0.2, -0.15) is 0 Å². The van der Waals surface area contributed by atoms with Crippen LogP contribution in [0.2, 0.25) is 0 Å². The van der Waals surface area contributed by atoms with Gasteiger partial charge in [0, 0.05) is 4.88 Å². The molecule has 0 saturated carbocycles. The molecule has 1 aliphatic rings. The number of aryl methyl sites for hydroxylation is 1. The normalized spacial score (nSPS) is 13.5. The van der Waals surface area contributed by atoms with E-state index in [1.165, 1.54) is 29.5 Å². The van der Waals surface area contributed by atoms with Crippen LogP contribution in [-0.4, -0.2) is 20.9 Å². The molecular formula is C22H20FNO4S2. The van der Waals surface area contributed by atoms with Crippen LogP contribution in [0.25, 0.3) is 0 Å². The number of carbonyl (C=O) groups excluding carboxylic acids is 1. The minimum absolute atomic E-state index is 0.0322. The van der Waals surface area contributed by atoms with Crippen LogP contribution in [0.3, 0.4) is 0 Å². The van der Waals surface area contributed by atoms with Crippen molar-refractivity contribution in [3.8, 4) is 5.75 Å². The molecule has 3 aromatic rings. The summed E-state index contributed by atoms with van der Waals surface area (Å²) in [5, 5.41) is 2.99. The average molecular weight is 446 g/mol. The van der Waals surface area contributed by atoms with Gasteiger partial charge in [0.1, 0.15) is 9.90 Å². The molecule has 0 radical (unpaired) electrons. The highest BCUT2D eigenvalue weighted by Crippen LogP contribution is 2.43. The minimum atomic E-state index is -3.79. The van der Waals surface area contributed by atoms with Gasteiger partial charge in [-0.1, -0.05) is 30.3 Å². The Hall–Kier alpha value is -2.71. The van der Waals surface area contributed by atoms with E-state index < -0.39 is 28.2 Å². The average Bonchev–Trinajstić information content (AvgIpc) is 3.12. The predicted molar refractivity (Wildman–Crippen MR) is 113 cm³/mol. The van der Waals surface area contributed by atoms with Crippen LogP contribution in [0.1, 0.15) is 23.3 Å². The molecule has 0 spiro atoms. The topological polar surface area (TPSA) is 72.5 Å². The molecule has 156 valence electrons. The maximum atomic E-state index is 13.7. The highest BCUT2D eigenvalue weighted by molar-refractivity contribution is 7.92. The van der Waals surface area contributed by atoms with Crippen molar-refractivity contribution >= 4 is 32.1 Å². The van der Waals surface area contributed by atoms with E-state index in [-0.39, 0.29) is 15.5 Å². The highest BCUT2D eigenvalue weighted by Gasteiger charge is 2.31. The van der Waals surface area contributed by atoms with Gasteiger partial charge in [-0.3, -0.25) is 4.79 Å². The van der Waals surface area contributed by atoms with Gasteiger partial charge in [0.25, 0.3) is 5.91 Å². The van der Waals surface area contributed by atoms with Crippen LogP contribution in [0.15, 0.2) is 64.4 Å². The van der Waals surface area contributed by atoms with Crippen LogP contribution in [0, 0.1) is 5.82 Å². The lowest BCUT2D eigenvalue weighted by molar-refractivity contribution is -0.118. The first-order valence-corrected chi connectivity index (χ1v) is 11.9. The van der Waals surface area contributed by atoms with Crippen molar-refractivity contribution in [2.75, 3.05) is 11.9 Å². The summed E-state index contributed by atoms with van der Waals surface area (Å²) in [5.41, 5.74) is 0.792. The summed E-state index contributed by atoms with van der Waals surface area (Å²) in [6.45, 7) is -0.422. The molecule has 0 atom stereocenters. The lowest BCUT2D eigenvalue weighted by Crippen LogP contribution is -2.21. The Balaban J connectivity index is 1.63. The van der Waals surface area contributed by atoms with Gasteiger partial charge >= 0.3 is 0 Å². The van der Waals surface area contributed by atoms with Gasteiger partial charge in [0.2, 0.25) is 9.84 Å². The molecule has 2 aromatic carbocycles. The number of amides is 1. The largest absolute Gasteiger partial charge is 0.481 e. The van der Waals surface area contributed by atoms with Crippen molar-refractivity contribution in [2.24, 2.45) is 0 Å². The number of rotatable bonds is 6. The minimum Gasteiger partial charge on any atom is -0.481 e. The van der Waals surface area contributed by atoms with Gasteiger partial charge in [-0.25, -0.2) is 12.8 Å². The number of thiophene rings is 1. The maximum absolute atomic E-state index is 13.7. The number of nitrogens with one attached hydrogen (secondary N) is 1. The van der Waals surface area contributed by atoms with Crippen LogP contribution >= 0.6 is 11.3 Å². The van der Waals surface area contributed by atoms with E-state index in [1.54, 1.807) is 36.4 Å². The van der Waals surface area contributed by atoms with Crippen LogP contribution in [-0.2, 0) is 27.5 Å². The number of hydrogen-bond acceptors (Lipinski definition) is 5. The molecular weight excluding hydrogens is 425 g/mol. The Bertz CT molecular complexity index is 1170. The highest BCUT2D eigenvalue weighted by atomic mass is 32.2. The SMILES string of the molecule is O=C(COc1ccccc1F)Nc1sc2c(c1S(=O)(=O)c1ccccc1)CCCC2. The van der Waals surface area contributed by atoms with Crippen molar-refractivity contribution in [1.82, 2.24) is 0 Å².